The average molecular weight is 501 g/mol. The largest absolute Gasteiger partial charge is 0.399 e. The second-order valence-corrected chi connectivity index (χ2v) is 8.96. The number of nitrogens with two attached hydrogens (primary N) is 1. The lowest BCUT2D eigenvalue weighted by Crippen LogP contribution is -2.51. The molecule has 0 aliphatic heterocycles. The van der Waals surface area contributed by atoms with Crippen LogP contribution in [0.15, 0.2) is 48.8 Å². The lowest BCUT2D eigenvalue weighted by molar-refractivity contribution is -0.149. The third-order valence-electron chi connectivity index (χ3n) is 4.51. The molecule has 1 heterocycles. The molecule has 3 amide bonds. The van der Waals surface area contributed by atoms with E-state index in [1.54, 1.807) is 57.2 Å². The van der Waals surface area contributed by atoms with E-state index in [4.69, 9.17) is 22.2 Å². The van der Waals surface area contributed by atoms with Crippen LogP contribution in [0.5, 0.6) is 0 Å². The molecule has 35 heavy (non-hydrogen) atoms. The number of tetrazole rings is 1. The van der Waals surface area contributed by atoms with Gasteiger partial charge in [0.2, 0.25) is 0 Å². The van der Waals surface area contributed by atoms with Gasteiger partial charge in [0.1, 0.15) is 12.4 Å². The molecule has 184 valence electrons. The van der Waals surface area contributed by atoms with Crippen LogP contribution in [0.4, 0.5) is 11.4 Å². The fourth-order valence-electron chi connectivity index (χ4n) is 2.86. The molecule has 1 atom stereocenters. The van der Waals surface area contributed by atoms with E-state index in [1.165, 1.54) is 17.1 Å². The molecule has 3 aromatic rings. The van der Waals surface area contributed by atoms with Gasteiger partial charge in [0.15, 0.2) is 0 Å². The van der Waals surface area contributed by atoms with Crippen molar-refractivity contribution in [2.45, 2.75) is 38.8 Å². The Kier molecular flexibility index (Phi) is 7.99. The number of nitrogens with one attached hydrogen (secondary N) is 3. The molecule has 0 aliphatic rings. The summed E-state index contributed by atoms with van der Waals surface area (Å²) < 4.78 is 1.30. The van der Waals surface area contributed by atoms with Crippen molar-refractivity contribution in [1.82, 2.24) is 31.0 Å². The summed E-state index contributed by atoms with van der Waals surface area (Å²) in [6.07, 6.45) is 1.41. The highest BCUT2D eigenvalue weighted by atomic mass is 35.5. The van der Waals surface area contributed by atoms with Crippen LogP contribution in [-0.4, -0.2) is 49.6 Å². The van der Waals surface area contributed by atoms with Crippen molar-refractivity contribution in [3.63, 3.8) is 0 Å². The highest BCUT2D eigenvalue weighted by Crippen LogP contribution is 2.23. The standard InChI is InChI=1S/C22H25ClN8O4/c1-22(2,3)35-28-19(32)17(10-13-4-7-15(24)8-5-13)27-21(34)20(33)26-16-11-14(23)6-9-18(16)31-12-25-29-30-31/h4-9,11-12,17H,10,24H2,1-3H3,(H,26,33)(H,27,34)(H,28,32)/t17-/m0/s1. The number of nitrogen functional groups attached to an aromatic ring is 1. The lowest BCUT2D eigenvalue weighted by atomic mass is 10.0. The molecular formula is C22H25ClN8O4. The maximum Gasteiger partial charge on any atom is 0.313 e. The number of anilines is 2. The number of carbonyl (C=O) groups is 3. The van der Waals surface area contributed by atoms with Gasteiger partial charge in [0.25, 0.3) is 5.91 Å². The van der Waals surface area contributed by atoms with Crippen molar-refractivity contribution < 1.29 is 19.2 Å². The Morgan fingerprint density at radius 3 is 2.46 bits per heavy atom. The van der Waals surface area contributed by atoms with Crippen LogP contribution >= 0.6 is 11.6 Å². The Hall–Kier alpha value is -4.03. The minimum absolute atomic E-state index is 0.0890. The van der Waals surface area contributed by atoms with Crippen molar-refractivity contribution in [3.8, 4) is 5.69 Å². The Morgan fingerprint density at radius 1 is 1.11 bits per heavy atom. The van der Waals surface area contributed by atoms with Gasteiger partial charge in [-0.1, -0.05) is 23.7 Å². The van der Waals surface area contributed by atoms with Gasteiger partial charge in [-0.05, 0) is 67.1 Å². The molecule has 0 fully saturated rings. The van der Waals surface area contributed by atoms with Gasteiger partial charge in [-0.2, -0.15) is 4.68 Å². The molecule has 0 spiro atoms. The van der Waals surface area contributed by atoms with Crippen LogP contribution < -0.4 is 21.8 Å². The smallest absolute Gasteiger partial charge is 0.313 e. The molecule has 5 N–H and O–H groups in total. The second-order valence-electron chi connectivity index (χ2n) is 8.52. The summed E-state index contributed by atoms with van der Waals surface area (Å²) in [6.45, 7) is 5.25. The van der Waals surface area contributed by atoms with Gasteiger partial charge in [-0.25, -0.2) is 5.48 Å². The molecule has 0 saturated heterocycles. The van der Waals surface area contributed by atoms with Crippen LogP contribution in [0, 0.1) is 0 Å². The SMILES string of the molecule is CC(C)(C)ONC(=O)[C@H](Cc1ccc(N)cc1)NC(=O)C(=O)Nc1cc(Cl)ccc1-n1cnnn1. The molecule has 0 radical (unpaired) electrons. The van der Waals surface area contributed by atoms with Crippen LogP contribution in [0.1, 0.15) is 26.3 Å². The first-order valence-electron chi connectivity index (χ1n) is 10.5. The molecule has 0 aliphatic carbocycles. The fraction of sp³-hybridized carbons (Fsp3) is 0.273. The number of halogens is 1. The van der Waals surface area contributed by atoms with Gasteiger partial charge in [-0.15, -0.1) is 5.10 Å². The van der Waals surface area contributed by atoms with Gasteiger partial charge in [0.05, 0.1) is 17.0 Å². The Bertz CT molecular complexity index is 1190. The molecule has 0 bridgehead atoms. The normalized spacial score (nSPS) is 12.0. The van der Waals surface area contributed by atoms with Gasteiger partial charge < -0.3 is 16.4 Å². The number of hydrogen-bond donors (Lipinski definition) is 4. The summed E-state index contributed by atoms with van der Waals surface area (Å²) >= 11 is 6.05. The van der Waals surface area contributed by atoms with Gasteiger partial charge in [-0.3, -0.25) is 19.2 Å². The molecule has 1 aromatic heterocycles. The quantitative estimate of drug-likeness (QED) is 0.214. The first kappa shape index (κ1) is 25.6. The molecule has 2 aromatic carbocycles. The molecule has 0 saturated carbocycles. The first-order chi connectivity index (χ1) is 16.5. The third-order valence-corrected chi connectivity index (χ3v) is 4.74. The Morgan fingerprint density at radius 2 is 1.83 bits per heavy atom. The summed E-state index contributed by atoms with van der Waals surface area (Å²) in [4.78, 5) is 43.6. The zero-order chi connectivity index (χ0) is 25.6. The third kappa shape index (κ3) is 7.48. The minimum Gasteiger partial charge on any atom is -0.399 e. The number of hydrogen-bond acceptors (Lipinski definition) is 8. The summed E-state index contributed by atoms with van der Waals surface area (Å²) in [7, 11) is 0. The van der Waals surface area contributed by atoms with E-state index in [9.17, 15) is 14.4 Å². The highest BCUT2D eigenvalue weighted by Gasteiger charge is 2.27. The van der Waals surface area contributed by atoms with E-state index < -0.39 is 29.4 Å². The number of carbonyl (C=O) groups excluding carboxylic acids is 3. The predicted molar refractivity (Wildman–Crippen MR) is 128 cm³/mol. The molecule has 0 unspecified atom stereocenters. The van der Waals surface area contributed by atoms with Crippen molar-refractivity contribution in [2.24, 2.45) is 0 Å². The van der Waals surface area contributed by atoms with E-state index in [0.717, 1.165) is 0 Å². The van der Waals surface area contributed by atoms with Crippen molar-refractivity contribution in [1.29, 1.82) is 0 Å². The molecule has 3 rings (SSSR count). The van der Waals surface area contributed by atoms with Crippen LogP contribution in [0.3, 0.4) is 0 Å². The number of rotatable bonds is 7. The summed E-state index contributed by atoms with van der Waals surface area (Å²) in [5.41, 5.74) is 9.23. The Balaban J connectivity index is 1.76. The van der Waals surface area contributed by atoms with Gasteiger partial charge >= 0.3 is 11.8 Å². The van der Waals surface area contributed by atoms with E-state index in [-0.39, 0.29) is 12.1 Å². The van der Waals surface area contributed by atoms with E-state index >= 15 is 0 Å². The van der Waals surface area contributed by atoms with Crippen molar-refractivity contribution in [2.75, 3.05) is 11.1 Å². The zero-order valence-electron chi connectivity index (χ0n) is 19.3. The minimum atomic E-state index is -1.11. The maximum absolute atomic E-state index is 12.8. The summed E-state index contributed by atoms with van der Waals surface area (Å²) in [5, 5.41) is 16.1. The molecular weight excluding hydrogens is 476 g/mol. The van der Waals surface area contributed by atoms with E-state index in [0.29, 0.717) is 22.0 Å². The topological polar surface area (TPSA) is 166 Å². The van der Waals surface area contributed by atoms with Crippen LogP contribution in [0.25, 0.3) is 5.69 Å². The monoisotopic (exact) mass is 500 g/mol. The van der Waals surface area contributed by atoms with Crippen molar-refractivity contribution >= 4 is 40.7 Å². The molecule has 13 heteroatoms. The lowest BCUT2D eigenvalue weighted by Gasteiger charge is -2.23. The Labute approximate surface area is 206 Å². The first-order valence-corrected chi connectivity index (χ1v) is 10.9. The average Bonchev–Trinajstić information content (AvgIpc) is 3.32. The number of aromatic nitrogens is 4. The summed E-state index contributed by atoms with van der Waals surface area (Å²) in [6, 6.07) is 10.3. The maximum atomic E-state index is 12.8. The number of benzene rings is 2. The van der Waals surface area contributed by atoms with Crippen molar-refractivity contribution in [3.05, 3.63) is 59.4 Å². The van der Waals surface area contributed by atoms with E-state index in [1.807, 2.05) is 0 Å². The number of nitrogens with zero attached hydrogens (tertiary/aromatic N) is 4. The highest BCUT2D eigenvalue weighted by molar-refractivity contribution is 6.40. The second kappa shape index (κ2) is 10.9. The zero-order valence-corrected chi connectivity index (χ0v) is 20.0. The summed E-state index contributed by atoms with van der Waals surface area (Å²) in [5.74, 6) is -2.69. The fourth-order valence-corrected chi connectivity index (χ4v) is 3.03. The number of hydroxylamine groups is 1. The number of amides is 3. The van der Waals surface area contributed by atoms with E-state index in [2.05, 4.69) is 31.6 Å². The molecule has 12 nitrogen and oxygen atoms in total. The van der Waals surface area contributed by atoms with Crippen LogP contribution in [-0.2, 0) is 25.6 Å². The van der Waals surface area contributed by atoms with Gasteiger partial charge in [0, 0.05) is 17.1 Å². The van der Waals surface area contributed by atoms with Crippen LogP contribution in [0.2, 0.25) is 5.02 Å². The predicted octanol–water partition coefficient (Wildman–Crippen LogP) is 1.41.